The highest BCUT2D eigenvalue weighted by Gasteiger charge is 2.40. The largest absolute Gasteiger partial charge is 0.360 e. The van der Waals surface area contributed by atoms with Crippen LogP contribution in [-0.4, -0.2) is 4.98 Å². The maximum Gasteiger partial charge on any atom is 0.0601 e. The van der Waals surface area contributed by atoms with Crippen molar-refractivity contribution < 1.29 is 0 Å². The van der Waals surface area contributed by atoms with Gasteiger partial charge in [0.1, 0.15) is 0 Å². The molecule has 3 atom stereocenters. The first kappa shape index (κ1) is 10.2. The minimum absolute atomic E-state index is 0.816. The van der Waals surface area contributed by atoms with Crippen molar-refractivity contribution in [2.24, 2.45) is 11.8 Å². The number of fused-ring (bicyclic) bond motifs is 3. The molecule has 0 amide bonds. The number of aromatic amines is 1. The molecule has 2 aliphatic rings. The van der Waals surface area contributed by atoms with Crippen LogP contribution < -0.4 is 0 Å². The van der Waals surface area contributed by atoms with E-state index in [0.29, 0.717) is 0 Å². The van der Waals surface area contributed by atoms with Crippen molar-refractivity contribution in [3.8, 4) is 0 Å². The van der Waals surface area contributed by atoms with Crippen molar-refractivity contribution in [3.63, 3.8) is 0 Å². The number of halogens is 1. The van der Waals surface area contributed by atoms with E-state index in [0.717, 1.165) is 17.8 Å². The molecule has 1 aromatic heterocycles. The normalized spacial score (nSPS) is 31.5. The average molecular weight is 290 g/mol. The van der Waals surface area contributed by atoms with Crippen LogP contribution in [0.4, 0.5) is 0 Å². The molecule has 2 bridgehead atoms. The fraction of sp³-hybridized carbons (Fsp3) is 0.467. The quantitative estimate of drug-likeness (QED) is 0.774. The second-order valence-corrected chi connectivity index (χ2v) is 6.54. The van der Waals surface area contributed by atoms with Crippen LogP contribution in [-0.2, 0) is 0 Å². The molecule has 17 heavy (non-hydrogen) atoms. The molecule has 88 valence electrons. The van der Waals surface area contributed by atoms with Gasteiger partial charge >= 0.3 is 0 Å². The number of benzene rings is 1. The zero-order valence-electron chi connectivity index (χ0n) is 9.75. The Balaban J connectivity index is 1.84. The molecule has 0 aliphatic heterocycles. The van der Waals surface area contributed by atoms with Crippen LogP contribution in [0.3, 0.4) is 0 Å². The predicted octanol–water partition coefficient (Wildman–Crippen LogP) is 4.83. The summed E-state index contributed by atoms with van der Waals surface area (Å²) < 4.78 is 1.18. The molecular formula is C15H16BrN. The molecule has 2 aliphatic carbocycles. The van der Waals surface area contributed by atoms with Gasteiger partial charge in [-0.2, -0.15) is 0 Å². The average Bonchev–Trinajstić information content (AvgIpc) is 3.03. The fourth-order valence-corrected chi connectivity index (χ4v) is 4.55. The Kier molecular flexibility index (Phi) is 2.17. The Labute approximate surface area is 110 Å². The van der Waals surface area contributed by atoms with Crippen LogP contribution in [0.2, 0.25) is 0 Å². The Morgan fingerprint density at radius 1 is 1.18 bits per heavy atom. The van der Waals surface area contributed by atoms with Crippen molar-refractivity contribution in [2.75, 3.05) is 0 Å². The van der Waals surface area contributed by atoms with Gasteiger partial charge in [0.15, 0.2) is 0 Å². The number of hydrogen-bond acceptors (Lipinski definition) is 0. The highest BCUT2D eigenvalue weighted by atomic mass is 79.9. The number of H-pyrrole nitrogens is 1. The van der Waals surface area contributed by atoms with Gasteiger partial charge in [-0.15, -0.1) is 0 Å². The zero-order chi connectivity index (χ0) is 11.4. The van der Waals surface area contributed by atoms with Gasteiger partial charge in [-0.25, -0.2) is 0 Å². The third kappa shape index (κ3) is 1.43. The lowest BCUT2D eigenvalue weighted by Gasteiger charge is -2.21. The van der Waals surface area contributed by atoms with Gasteiger partial charge in [0.05, 0.1) is 5.52 Å². The van der Waals surface area contributed by atoms with E-state index in [1.54, 1.807) is 5.56 Å². The molecule has 0 spiro atoms. The summed E-state index contributed by atoms with van der Waals surface area (Å²) >= 11 is 3.63. The van der Waals surface area contributed by atoms with Crippen LogP contribution >= 0.6 is 15.9 Å². The standard InChI is InChI=1S/C15H16BrN/c16-14-3-1-2-11-13(8-17-15(11)14)12-7-9-4-5-10(12)6-9/h1-3,8-10,12,17H,4-7H2. The number of nitrogens with one attached hydrogen (secondary N) is 1. The number of para-hydroxylation sites is 1. The van der Waals surface area contributed by atoms with E-state index in [9.17, 15) is 0 Å². The van der Waals surface area contributed by atoms with Gasteiger partial charge in [0.2, 0.25) is 0 Å². The SMILES string of the molecule is Brc1cccc2c(C3CC4CCC3C4)c[nH]c12. The molecule has 1 N–H and O–H groups in total. The summed E-state index contributed by atoms with van der Waals surface area (Å²) in [6.07, 6.45) is 8.08. The monoisotopic (exact) mass is 289 g/mol. The van der Waals surface area contributed by atoms with Crippen LogP contribution in [0.1, 0.15) is 37.2 Å². The van der Waals surface area contributed by atoms with Crippen LogP contribution in [0.5, 0.6) is 0 Å². The molecule has 4 rings (SSSR count). The van der Waals surface area contributed by atoms with Crippen LogP contribution in [0.15, 0.2) is 28.9 Å². The number of hydrogen-bond donors (Lipinski definition) is 1. The summed E-state index contributed by atoms with van der Waals surface area (Å²) in [4.78, 5) is 3.45. The molecule has 0 saturated heterocycles. The smallest absolute Gasteiger partial charge is 0.0601 e. The Morgan fingerprint density at radius 2 is 2.12 bits per heavy atom. The van der Waals surface area contributed by atoms with Gasteiger partial charge in [0.25, 0.3) is 0 Å². The van der Waals surface area contributed by atoms with E-state index >= 15 is 0 Å². The second kappa shape index (κ2) is 3.61. The maximum absolute atomic E-state index is 3.63. The Bertz CT molecular complexity index is 571. The lowest BCUT2D eigenvalue weighted by atomic mass is 9.83. The first-order chi connectivity index (χ1) is 8.33. The van der Waals surface area contributed by atoms with E-state index in [2.05, 4.69) is 45.3 Å². The molecule has 2 fully saturated rings. The fourth-order valence-electron chi connectivity index (χ4n) is 4.07. The van der Waals surface area contributed by atoms with E-state index in [1.165, 1.54) is 41.1 Å². The summed E-state index contributed by atoms with van der Waals surface area (Å²) in [6.45, 7) is 0. The van der Waals surface area contributed by atoms with Crippen molar-refractivity contribution >= 4 is 26.8 Å². The third-order valence-corrected chi connectivity index (χ3v) is 5.50. The first-order valence-electron chi connectivity index (χ1n) is 6.58. The topological polar surface area (TPSA) is 15.8 Å². The van der Waals surface area contributed by atoms with Gasteiger partial charge in [-0.1, -0.05) is 18.6 Å². The summed E-state index contributed by atoms with van der Waals surface area (Å²) in [5.74, 6) is 2.79. The van der Waals surface area contributed by atoms with Gasteiger partial charge < -0.3 is 4.98 Å². The lowest BCUT2D eigenvalue weighted by Crippen LogP contribution is -2.07. The summed E-state index contributed by atoms with van der Waals surface area (Å²) in [5, 5.41) is 1.43. The minimum Gasteiger partial charge on any atom is -0.360 e. The molecular weight excluding hydrogens is 274 g/mol. The highest BCUT2D eigenvalue weighted by molar-refractivity contribution is 9.10. The van der Waals surface area contributed by atoms with E-state index in [1.807, 2.05) is 0 Å². The van der Waals surface area contributed by atoms with Crippen molar-refractivity contribution in [1.29, 1.82) is 0 Å². The van der Waals surface area contributed by atoms with Crippen LogP contribution in [0, 0.1) is 11.8 Å². The minimum atomic E-state index is 0.816. The number of rotatable bonds is 1. The molecule has 1 aromatic carbocycles. The summed E-state index contributed by atoms with van der Waals surface area (Å²) in [7, 11) is 0. The van der Waals surface area contributed by atoms with E-state index in [4.69, 9.17) is 0 Å². The van der Waals surface area contributed by atoms with Gasteiger partial charge in [0, 0.05) is 16.1 Å². The molecule has 3 unspecified atom stereocenters. The van der Waals surface area contributed by atoms with E-state index in [-0.39, 0.29) is 0 Å². The number of aromatic nitrogens is 1. The highest BCUT2D eigenvalue weighted by Crippen LogP contribution is 2.54. The zero-order valence-corrected chi connectivity index (χ0v) is 11.3. The lowest BCUT2D eigenvalue weighted by molar-refractivity contribution is 0.422. The van der Waals surface area contributed by atoms with Gasteiger partial charge in [-0.3, -0.25) is 0 Å². The summed E-state index contributed by atoms with van der Waals surface area (Å²) in [5.41, 5.74) is 2.83. The molecule has 0 radical (unpaired) electrons. The van der Waals surface area contributed by atoms with Crippen molar-refractivity contribution in [1.82, 2.24) is 4.98 Å². The predicted molar refractivity (Wildman–Crippen MR) is 74.2 cm³/mol. The van der Waals surface area contributed by atoms with E-state index < -0.39 is 0 Å². The van der Waals surface area contributed by atoms with Gasteiger partial charge in [-0.05, 0) is 64.6 Å². The maximum atomic E-state index is 3.63. The van der Waals surface area contributed by atoms with Crippen molar-refractivity contribution in [3.05, 3.63) is 34.4 Å². The van der Waals surface area contributed by atoms with Crippen molar-refractivity contribution in [2.45, 2.75) is 31.6 Å². The molecule has 1 heterocycles. The molecule has 2 saturated carbocycles. The molecule has 2 aromatic rings. The molecule has 2 heteroatoms. The molecule has 1 nitrogen and oxygen atoms in total. The first-order valence-corrected chi connectivity index (χ1v) is 7.37. The Morgan fingerprint density at radius 3 is 2.88 bits per heavy atom. The second-order valence-electron chi connectivity index (χ2n) is 5.69. The third-order valence-electron chi connectivity index (χ3n) is 4.83. The Hall–Kier alpha value is -0.760. The van der Waals surface area contributed by atoms with Crippen LogP contribution in [0.25, 0.3) is 10.9 Å². The summed E-state index contributed by atoms with van der Waals surface area (Å²) in [6, 6.07) is 6.53.